The van der Waals surface area contributed by atoms with Gasteiger partial charge in [-0.05, 0) is 24.6 Å². The molecule has 0 radical (unpaired) electrons. The Morgan fingerprint density at radius 2 is 2.00 bits per heavy atom. The summed E-state index contributed by atoms with van der Waals surface area (Å²) in [6, 6.07) is 5.66. The highest BCUT2D eigenvalue weighted by molar-refractivity contribution is 7.20. The molecule has 1 N–H and O–H groups in total. The topological polar surface area (TPSA) is 73.1 Å². The zero-order chi connectivity index (χ0) is 20.1. The second kappa shape index (κ2) is 6.48. The van der Waals surface area contributed by atoms with Crippen LogP contribution in [0.3, 0.4) is 0 Å². The maximum Gasteiger partial charge on any atom is 0.573 e. The zero-order valence-electron chi connectivity index (χ0n) is 14.7. The number of rotatable bonds is 3. The average Bonchev–Trinajstić information content (AvgIpc) is 3.16. The fourth-order valence-electron chi connectivity index (χ4n) is 2.94. The van der Waals surface area contributed by atoms with Gasteiger partial charge in [0.05, 0.1) is 5.52 Å². The first-order valence-electron chi connectivity index (χ1n) is 8.07. The number of fused-ring (bicyclic) bond motifs is 1. The smallest absolute Gasteiger partial charge is 0.492 e. The highest BCUT2D eigenvalue weighted by Crippen LogP contribution is 2.42. The Labute approximate surface area is 160 Å². The molecular weight excluding hydrogens is 393 g/mol. The first kappa shape index (κ1) is 18.2. The van der Waals surface area contributed by atoms with E-state index in [2.05, 4.69) is 19.7 Å². The molecule has 3 heterocycles. The van der Waals surface area contributed by atoms with Crippen molar-refractivity contribution < 1.29 is 23.0 Å². The van der Waals surface area contributed by atoms with Crippen molar-refractivity contribution in [2.45, 2.75) is 13.3 Å². The molecule has 144 valence electrons. The number of aromatic nitrogens is 4. The van der Waals surface area contributed by atoms with Gasteiger partial charge in [-0.3, -0.25) is 0 Å². The molecule has 4 aromatic rings. The standard InChI is InChI=1S/C18H13F3N4O2S/c1-9-12(10-4-3-5-11(8-10)27-18(19,20)21)13-14(28-9)17(26)24-15(23-13)16-22-6-7-25(16)2/h3-8H,1-2H3,(H,23,24,26). The molecule has 1 aromatic carbocycles. The van der Waals surface area contributed by atoms with Crippen LogP contribution in [0, 0.1) is 6.92 Å². The average molecular weight is 406 g/mol. The van der Waals surface area contributed by atoms with E-state index in [0.717, 1.165) is 4.88 Å². The molecule has 28 heavy (non-hydrogen) atoms. The number of aryl methyl sites for hydroxylation is 2. The third-order valence-corrected chi connectivity index (χ3v) is 5.16. The molecule has 0 amide bonds. The monoisotopic (exact) mass is 406 g/mol. The Bertz CT molecular complexity index is 1180. The van der Waals surface area contributed by atoms with Gasteiger partial charge in [-0.2, -0.15) is 4.98 Å². The van der Waals surface area contributed by atoms with E-state index >= 15 is 0 Å². The summed E-state index contributed by atoms with van der Waals surface area (Å²) < 4.78 is 43.9. The normalized spacial score (nSPS) is 11.9. The molecule has 0 spiro atoms. The van der Waals surface area contributed by atoms with E-state index in [9.17, 15) is 18.3 Å². The van der Waals surface area contributed by atoms with E-state index in [1.807, 2.05) is 0 Å². The van der Waals surface area contributed by atoms with Crippen molar-refractivity contribution in [3.63, 3.8) is 0 Å². The predicted octanol–water partition coefficient (Wildman–Crippen LogP) is 4.67. The number of hydrogen-bond donors (Lipinski definition) is 1. The molecule has 0 unspecified atom stereocenters. The lowest BCUT2D eigenvalue weighted by molar-refractivity contribution is -0.274. The van der Waals surface area contributed by atoms with Gasteiger partial charge in [-0.15, -0.1) is 24.5 Å². The van der Waals surface area contributed by atoms with E-state index in [1.54, 1.807) is 37.0 Å². The summed E-state index contributed by atoms with van der Waals surface area (Å²) in [5, 5.41) is 10.4. The number of halogens is 3. The van der Waals surface area contributed by atoms with Gasteiger partial charge in [0.1, 0.15) is 10.4 Å². The number of imidazole rings is 1. The SMILES string of the molecule is Cc1sc2c(O)nc(-c3nccn3C)nc2c1-c1cccc(OC(F)(F)F)c1. The first-order valence-corrected chi connectivity index (χ1v) is 8.88. The molecule has 0 saturated heterocycles. The van der Waals surface area contributed by atoms with Gasteiger partial charge in [0.2, 0.25) is 5.88 Å². The van der Waals surface area contributed by atoms with Gasteiger partial charge in [0.15, 0.2) is 11.6 Å². The van der Waals surface area contributed by atoms with Crippen molar-refractivity contribution in [2.75, 3.05) is 0 Å². The molecule has 0 saturated carbocycles. The third-order valence-electron chi connectivity index (χ3n) is 4.07. The molecule has 0 aliphatic carbocycles. The number of thiophene rings is 1. The van der Waals surface area contributed by atoms with Gasteiger partial charge in [-0.25, -0.2) is 9.97 Å². The quantitative estimate of drug-likeness (QED) is 0.535. The van der Waals surface area contributed by atoms with Crippen LogP contribution in [0.15, 0.2) is 36.7 Å². The minimum Gasteiger partial charge on any atom is -0.492 e. The molecule has 6 nitrogen and oxygen atoms in total. The highest BCUT2D eigenvalue weighted by Gasteiger charge is 2.31. The number of hydrogen-bond acceptors (Lipinski definition) is 6. The van der Waals surface area contributed by atoms with Crippen molar-refractivity contribution in [3.05, 3.63) is 41.5 Å². The van der Waals surface area contributed by atoms with Crippen molar-refractivity contribution in [3.8, 4) is 34.4 Å². The lowest BCUT2D eigenvalue weighted by atomic mass is 10.1. The zero-order valence-corrected chi connectivity index (χ0v) is 15.5. The Balaban J connectivity index is 1.90. The van der Waals surface area contributed by atoms with E-state index in [1.165, 1.54) is 29.5 Å². The van der Waals surface area contributed by atoms with Gasteiger partial charge in [0, 0.05) is 29.9 Å². The number of aromatic hydroxyl groups is 1. The fraction of sp³-hybridized carbons (Fsp3) is 0.167. The van der Waals surface area contributed by atoms with Crippen molar-refractivity contribution in [1.82, 2.24) is 19.5 Å². The summed E-state index contributed by atoms with van der Waals surface area (Å²) in [7, 11) is 1.77. The molecule has 0 atom stereocenters. The number of nitrogens with zero attached hydrogens (tertiary/aromatic N) is 4. The van der Waals surface area contributed by atoms with Crippen LogP contribution in [0.1, 0.15) is 4.88 Å². The van der Waals surface area contributed by atoms with Crippen LogP contribution in [-0.2, 0) is 7.05 Å². The molecule has 0 bridgehead atoms. The van der Waals surface area contributed by atoms with E-state index in [4.69, 9.17) is 0 Å². The van der Waals surface area contributed by atoms with Crippen LogP contribution in [0.25, 0.3) is 33.0 Å². The van der Waals surface area contributed by atoms with Crippen molar-refractivity contribution in [2.24, 2.45) is 7.05 Å². The van der Waals surface area contributed by atoms with Gasteiger partial charge in [-0.1, -0.05) is 12.1 Å². The summed E-state index contributed by atoms with van der Waals surface area (Å²) in [5.41, 5.74) is 1.55. The summed E-state index contributed by atoms with van der Waals surface area (Å²) in [4.78, 5) is 13.6. The number of alkyl halides is 3. The van der Waals surface area contributed by atoms with Crippen LogP contribution in [0.4, 0.5) is 13.2 Å². The van der Waals surface area contributed by atoms with Gasteiger partial charge < -0.3 is 14.4 Å². The summed E-state index contributed by atoms with van der Waals surface area (Å²) in [6.07, 6.45) is -1.48. The summed E-state index contributed by atoms with van der Waals surface area (Å²) in [6.45, 7) is 1.80. The first-order chi connectivity index (χ1) is 13.2. The predicted molar refractivity (Wildman–Crippen MR) is 98.1 cm³/mol. The second-order valence-electron chi connectivity index (χ2n) is 6.02. The molecule has 3 aromatic heterocycles. The van der Waals surface area contributed by atoms with E-state index in [0.29, 0.717) is 27.2 Å². The highest BCUT2D eigenvalue weighted by atomic mass is 32.1. The van der Waals surface area contributed by atoms with Gasteiger partial charge in [0.25, 0.3) is 0 Å². The van der Waals surface area contributed by atoms with Crippen molar-refractivity contribution >= 4 is 21.6 Å². The van der Waals surface area contributed by atoms with Crippen LogP contribution in [0.5, 0.6) is 11.6 Å². The maximum absolute atomic E-state index is 12.6. The van der Waals surface area contributed by atoms with Crippen molar-refractivity contribution in [1.29, 1.82) is 0 Å². The lowest BCUT2D eigenvalue weighted by Gasteiger charge is -2.10. The Hall–Kier alpha value is -3.14. The van der Waals surface area contributed by atoms with Crippen LogP contribution in [-0.4, -0.2) is 31.0 Å². The van der Waals surface area contributed by atoms with Gasteiger partial charge >= 0.3 is 6.36 Å². The van der Waals surface area contributed by atoms with E-state index in [-0.39, 0.29) is 17.5 Å². The maximum atomic E-state index is 12.6. The molecular formula is C18H13F3N4O2S. The largest absolute Gasteiger partial charge is 0.573 e. The Kier molecular flexibility index (Phi) is 4.22. The fourth-order valence-corrected chi connectivity index (χ4v) is 3.95. The molecule has 0 fully saturated rings. The molecule has 0 aliphatic heterocycles. The lowest BCUT2D eigenvalue weighted by Crippen LogP contribution is -2.17. The minimum absolute atomic E-state index is 0.204. The summed E-state index contributed by atoms with van der Waals surface area (Å²) in [5.74, 6) is 0.150. The third kappa shape index (κ3) is 3.26. The Morgan fingerprint density at radius 1 is 1.21 bits per heavy atom. The van der Waals surface area contributed by atoms with Crippen LogP contribution in [0.2, 0.25) is 0 Å². The summed E-state index contributed by atoms with van der Waals surface area (Å²) >= 11 is 1.26. The number of benzene rings is 1. The van der Waals surface area contributed by atoms with Crippen LogP contribution >= 0.6 is 11.3 Å². The van der Waals surface area contributed by atoms with Crippen LogP contribution < -0.4 is 4.74 Å². The van der Waals surface area contributed by atoms with E-state index < -0.39 is 6.36 Å². The molecule has 4 rings (SSSR count). The molecule has 10 heteroatoms. The Morgan fingerprint density at radius 3 is 2.68 bits per heavy atom. The number of ether oxygens (including phenoxy) is 1. The molecule has 0 aliphatic rings. The minimum atomic E-state index is -4.78. The second-order valence-corrected chi connectivity index (χ2v) is 7.24.